The highest BCUT2D eigenvalue weighted by molar-refractivity contribution is 5.77. The van der Waals surface area contributed by atoms with E-state index in [0.29, 0.717) is 13.2 Å². The van der Waals surface area contributed by atoms with Crippen LogP contribution in [0.15, 0.2) is 53.5 Å². The highest BCUT2D eigenvalue weighted by atomic mass is 16.5. The second-order valence-electron chi connectivity index (χ2n) is 6.46. The van der Waals surface area contributed by atoms with E-state index >= 15 is 0 Å². The molecule has 5 rings (SSSR count). The van der Waals surface area contributed by atoms with Crippen LogP contribution in [0.1, 0.15) is 23.1 Å². The molecule has 0 saturated carbocycles. The van der Waals surface area contributed by atoms with Crippen LogP contribution >= 0.6 is 0 Å². The molecule has 0 amide bonds. The quantitative estimate of drug-likeness (QED) is 0.870. The number of hydrogen-bond donors (Lipinski definition) is 1. The van der Waals surface area contributed by atoms with Gasteiger partial charge < -0.3 is 19.9 Å². The van der Waals surface area contributed by atoms with Gasteiger partial charge in [0.25, 0.3) is 6.02 Å². The summed E-state index contributed by atoms with van der Waals surface area (Å²) in [5, 5.41) is 0. The minimum absolute atomic E-state index is 0.221. The van der Waals surface area contributed by atoms with Gasteiger partial charge in [0.2, 0.25) is 0 Å². The Labute approximate surface area is 145 Å². The third-order valence-corrected chi connectivity index (χ3v) is 5.04. The predicted octanol–water partition coefficient (Wildman–Crippen LogP) is 3.18. The van der Waals surface area contributed by atoms with Gasteiger partial charge >= 0.3 is 0 Å². The van der Waals surface area contributed by atoms with Gasteiger partial charge in [0, 0.05) is 11.1 Å². The van der Waals surface area contributed by atoms with Gasteiger partial charge in [-0.2, -0.15) is 0 Å². The number of nitrogens with zero attached hydrogens (tertiary/aromatic N) is 1. The van der Waals surface area contributed by atoms with Crippen molar-refractivity contribution in [1.29, 1.82) is 0 Å². The molecule has 0 aromatic heterocycles. The van der Waals surface area contributed by atoms with Crippen LogP contribution in [-0.2, 0) is 15.0 Å². The van der Waals surface area contributed by atoms with E-state index < -0.39 is 5.54 Å². The Morgan fingerprint density at radius 1 is 1.04 bits per heavy atom. The fourth-order valence-corrected chi connectivity index (χ4v) is 3.80. The zero-order chi connectivity index (χ0) is 16.9. The normalized spacial score (nSPS) is 23.8. The number of hydrogen-bond acceptors (Lipinski definition) is 5. The Kier molecular flexibility index (Phi) is 3.12. The standard InChI is InChI=1S/C20H18N2O3/c21-19-22-20(12-24-19)15-3-1-2-4-17(15)25-18-6-5-14(11-16(18)20)13-7-9-23-10-8-13/h1-7,11H,8-10,12H2,(H2,21,22)/t20-/m1/s1. The molecule has 3 aliphatic rings. The summed E-state index contributed by atoms with van der Waals surface area (Å²) in [7, 11) is 0. The lowest BCUT2D eigenvalue weighted by Gasteiger charge is -2.33. The highest BCUT2D eigenvalue weighted by Crippen LogP contribution is 2.51. The van der Waals surface area contributed by atoms with Gasteiger partial charge in [0.1, 0.15) is 18.1 Å². The van der Waals surface area contributed by atoms with E-state index in [-0.39, 0.29) is 6.02 Å². The Balaban J connectivity index is 1.71. The van der Waals surface area contributed by atoms with Crippen LogP contribution < -0.4 is 10.5 Å². The molecule has 0 unspecified atom stereocenters. The number of nitrogens with two attached hydrogens (primary N) is 1. The molecule has 25 heavy (non-hydrogen) atoms. The summed E-state index contributed by atoms with van der Waals surface area (Å²) in [6.45, 7) is 1.80. The first-order valence-electron chi connectivity index (χ1n) is 8.43. The lowest BCUT2D eigenvalue weighted by molar-refractivity contribution is 0.161. The third-order valence-electron chi connectivity index (χ3n) is 5.04. The molecule has 0 fully saturated rings. The van der Waals surface area contributed by atoms with Crippen LogP contribution in [0.3, 0.4) is 0 Å². The zero-order valence-electron chi connectivity index (χ0n) is 13.7. The molecule has 2 aromatic rings. The molecule has 0 aliphatic carbocycles. The largest absolute Gasteiger partial charge is 0.462 e. The van der Waals surface area contributed by atoms with Gasteiger partial charge in [-0.1, -0.05) is 30.3 Å². The molecular weight excluding hydrogens is 316 g/mol. The number of ether oxygens (including phenoxy) is 3. The van der Waals surface area contributed by atoms with Gasteiger partial charge in [-0.15, -0.1) is 0 Å². The van der Waals surface area contributed by atoms with Gasteiger partial charge in [0.05, 0.1) is 13.2 Å². The number of aliphatic imine (C=N–C) groups is 1. The van der Waals surface area contributed by atoms with Gasteiger partial charge in [-0.25, -0.2) is 4.99 Å². The van der Waals surface area contributed by atoms with Crippen LogP contribution in [0, 0.1) is 0 Å². The first kappa shape index (κ1) is 14.5. The molecule has 126 valence electrons. The van der Waals surface area contributed by atoms with Crippen LogP contribution in [-0.4, -0.2) is 25.8 Å². The van der Waals surface area contributed by atoms with E-state index in [1.165, 1.54) is 11.1 Å². The summed E-state index contributed by atoms with van der Waals surface area (Å²) in [5.41, 5.74) is 9.70. The van der Waals surface area contributed by atoms with Crippen molar-refractivity contribution in [3.8, 4) is 11.5 Å². The third kappa shape index (κ3) is 2.16. The summed E-state index contributed by atoms with van der Waals surface area (Å²) in [6.07, 6.45) is 3.05. The van der Waals surface area contributed by atoms with Crippen molar-refractivity contribution in [2.24, 2.45) is 10.7 Å². The van der Waals surface area contributed by atoms with E-state index in [1.54, 1.807) is 0 Å². The molecule has 1 atom stereocenters. The minimum atomic E-state index is -0.643. The molecular formula is C20H18N2O3. The summed E-state index contributed by atoms with van der Waals surface area (Å²) >= 11 is 0. The first-order chi connectivity index (χ1) is 12.3. The number of amidine groups is 1. The Hall–Kier alpha value is -2.79. The second kappa shape index (κ2) is 5.36. The summed E-state index contributed by atoms with van der Waals surface area (Å²) in [5.74, 6) is 1.60. The van der Waals surface area contributed by atoms with Gasteiger partial charge in [-0.05, 0) is 35.8 Å². The fourth-order valence-electron chi connectivity index (χ4n) is 3.80. The molecule has 2 N–H and O–H groups in total. The topological polar surface area (TPSA) is 66.1 Å². The van der Waals surface area contributed by atoms with Crippen molar-refractivity contribution < 1.29 is 14.2 Å². The molecule has 3 heterocycles. The molecule has 5 nitrogen and oxygen atoms in total. The number of benzene rings is 2. The molecule has 3 aliphatic heterocycles. The molecule has 1 spiro atoms. The smallest absolute Gasteiger partial charge is 0.283 e. The van der Waals surface area contributed by atoms with E-state index in [1.807, 2.05) is 30.3 Å². The summed E-state index contributed by atoms with van der Waals surface area (Å²) in [6, 6.07) is 14.4. The summed E-state index contributed by atoms with van der Waals surface area (Å²) in [4.78, 5) is 4.70. The van der Waals surface area contributed by atoms with Crippen LogP contribution in [0.2, 0.25) is 0 Å². The zero-order valence-corrected chi connectivity index (χ0v) is 13.7. The molecule has 0 bridgehead atoms. The second-order valence-corrected chi connectivity index (χ2v) is 6.46. The van der Waals surface area contributed by atoms with Crippen LogP contribution in [0.5, 0.6) is 11.5 Å². The SMILES string of the molecule is NC1=N[C@]2(CO1)c1ccccc1Oc1ccc(C3=CCOCC3)cc12. The van der Waals surface area contributed by atoms with Crippen molar-refractivity contribution in [3.05, 3.63) is 65.2 Å². The van der Waals surface area contributed by atoms with E-state index in [4.69, 9.17) is 24.9 Å². The van der Waals surface area contributed by atoms with Gasteiger partial charge in [0.15, 0.2) is 5.54 Å². The van der Waals surface area contributed by atoms with Gasteiger partial charge in [-0.3, -0.25) is 0 Å². The van der Waals surface area contributed by atoms with Crippen molar-refractivity contribution in [3.63, 3.8) is 0 Å². The van der Waals surface area contributed by atoms with E-state index in [9.17, 15) is 0 Å². The fraction of sp³-hybridized carbons (Fsp3) is 0.250. The maximum absolute atomic E-state index is 6.13. The maximum atomic E-state index is 6.13. The lowest BCUT2D eigenvalue weighted by atomic mass is 9.80. The lowest BCUT2D eigenvalue weighted by Crippen LogP contribution is -2.31. The van der Waals surface area contributed by atoms with Crippen molar-refractivity contribution >= 4 is 11.6 Å². The van der Waals surface area contributed by atoms with Crippen molar-refractivity contribution in [2.45, 2.75) is 12.0 Å². The molecule has 2 aromatic carbocycles. The average molecular weight is 334 g/mol. The van der Waals surface area contributed by atoms with Crippen LogP contribution in [0.25, 0.3) is 5.57 Å². The molecule has 5 heteroatoms. The van der Waals surface area contributed by atoms with E-state index in [2.05, 4.69) is 18.2 Å². The maximum Gasteiger partial charge on any atom is 0.283 e. The highest BCUT2D eigenvalue weighted by Gasteiger charge is 2.46. The van der Waals surface area contributed by atoms with E-state index in [0.717, 1.165) is 35.7 Å². The van der Waals surface area contributed by atoms with Crippen LogP contribution in [0.4, 0.5) is 0 Å². The molecule has 0 radical (unpaired) electrons. The summed E-state index contributed by atoms with van der Waals surface area (Å²) < 4.78 is 17.1. The Morgan fingerprint density at radius 2 is 1.92 bits per heavy atom. The minimum Gasteiger partial charge on any atom is -0.462 e. The first-order valence-corrected chi connectivity index (χ1v) is 8.43. The Morgan fingerprint density at radius 3 is 2.72 bits per heavy atom. The average Bonchev–Trinajstić information content (AvgIpc) is 3.05. The Bertz CT molecular complexity index is 919. The number of para-hydroxylation sites is 1. The molecule has 0 saturated heterocycles. The predicted molar refractivity (Wildman–Crippen MR) is 94.7 cm³/mol. The monoisotopic (exact) mass is 334 g/mol. The van der Waals surface area contributed by atoms with Crippen molar-refractivity contribution in [2.75, 3.05) is 19.8 Å². The van der Waals surface area contributed by atoms with Crippen molar-refractivity contribution in [1.82, 2.24) is 0 Å². The number of rotatable bonds is 1. The number of fused-ring (bicyclic) bond motifs is 4.